The lowest BCUT2D eigenvalue weighted by atomic mass is 9.86. The maximum atomic E-state index is 11.9. The summed E-state index contributed by atoms with van der Waals surface area (Å²) in [5, 5.41) is 2.96. The van der Waals surface area contributed by atoms with Gasteiger partial charge in [0.25, 0.3) is 5.91 Å². The van der Waals surface area contributed by atoms with Crippen LogP contribution in [-0.4, -0.2) is 24.5 Å². The van der Waals surface area contributed by atoms with E-state index < -0.39 is 5.97 Å². The molecule has 21 heavy (non-hydrogen) atoms. The molecule has 0 aromatic carbocycles. The molecule has 5 nitrogen and oxygen atoms in total. The Morgan fingerprint density at radius 1 is 1.33 bits per heavy atom. The van der Waals surface area contributed by atoms with E-state index in [4.69, 9.17) is 9.15 Å². The largest absolute Gasteiger partial charge is 0.466 e. The molecule has 0 radical (unpaired) electrons. The molecule has 1 fully saturated rings. The quantitative estimate of drug-likeness (QED) is 0.867. The molecule has 1 aromatic heterocycles. The van der Waals surface area contributed by atoms with E-state index in [0.29, 0.717) is 23.0 Å². The molecule has 1 N–H and O–H groups in total. The van der Waals surface area contributed by atoms with E-state index in [1.807, 2.05) is 0 Å². The lowest BCUT2D eigenvalue weighted by molar-refractivity contribution is -0.125. The van der Waals surface area contributed by atoms with Gasteiger partial charge in [0.15, 0.2) is 6.61 Å². The molecule has 0 unspecified atom stereocenters. The van der Waals surface area contributed by atoms with Gasteiger partial charge >= 0.3 is 5.97 Å². The topological polar surface area (TPSA) is 68.5 Å². The van der Waals surface area contributed by atoms with Gasteiger partial charge in [0, 0.05) is 6.04 Å². The van der Waals surface area contributed by atoms with Gasteiger partial charge in [0.1, 0.15) is 17.1 Å². The van der Waals surface area contributed by atoms with Gasteiger partial charge in [0.2, 0.25) is 0 Å². The van der Waals surface area contributed by atoms with Gasteiger partial charge in [0.05, 0.1) is 0 Å². The Bertz CT molecular complexity index is 520. The van der Waals surface area contributed by atoms with Crippen molar-refractivity contribution in [1.82, 2.24) is 5.32 Å². The van der Waals surface area contributed by atoms with Crippen LogP contribution in [0.2, 0.25) is 0 Å². The molecule has 0 saturated heterocycles. The molecule has 1 heterocycles. The van der Waals surface area contributed by atoms with Gasteiger partial charge in [-0.25, -0.2) is 4.79 Å². The molecular formula is C16H23NO4. The Hall–Kier alpha value is -1.78. The fourth-order valence-corrected chi connectivity index (χ4v) is 2.82. The van der Waals surface area contributed by atoms with Crippen LogP contribution in [-0.2, 0) is 9.53 Å². The standard InChI is InChI=1S/C16H23NO4/c1-10-6-4-5-7-14(10)17-15(18)9-20-16(19)13-8-11(2)21-12(13)3/h8,10,14H,4-7,9H2,1-3H3,(H,17,18)/t10-,14-/m1/s1. The molecular weight excluding hydrogens is 270 g/mol. The molecule has 2 rings (SSSR count). The SMILES string of the molecule is Cc1cc(C(=O)OCC(=O)N[C@@H]2CCCC[C@H]2C)c(C)o1. The first-order chi connectivity index (χ1) is 9.97. The maximum absolute atomic E-state index is 11.9. The van der Waals surface area contributed by atoms with Crippen molar-refractivity contribution in [3.63, 3.8) is 0 Å². The van der Waals surface area contributed by atoms with Crippen molar-refractivity contribution in [1.29, 1.82) is 0 Å². The average Bonchev–Trinajstić information content (AvgIpc) is 2.78. The molecule has 1 aliphatic rings. The van der Waals surface area contributed by atoms with Gasteiger partial charge in [-0.1, -0.05) is 19.8 Å². The van der Waals surface area contributed by atoms with E-state index in [-0.39, 0.29) is 18.6 Å². The average molecular weight is 293 g/mol. The highest BCUT2D eigenvalue weighted by Crippen LogP contribution is 2.23. The summed E-state index contributed by atoms with van der Waals surface area (Å²) in [5.74, 6) is 0.895. The second kappa shape index (κ2) is 6.78. The van der Waals surface area contributed by atoms with Crippen molar-refractivity contribution < 1.29 is 18.7 Å². The zero-order valence-electron chi connectivity index (χ0n) is 12.9. The molecule has 116 valence electrons. The summed E-state index contributed by atoms with van der Waals surface area (Å²) >= 11 is 0. The molecule has 1 amide bonds. The first-order valence-corrected chi connectivity index (χ1v) is 7.51. The molecule has 5 heteroatoms. The number of amides is 1. The zero-order valence-corrected chi connectivity index (χ0v) is 12.9. The van der Waals surface area contributed by atoms with Gasteiger partial charge < -0.3 is 14.5 Å². The number of ether oxygens (including phenoxy) is 1. The first-order valence-electron chi connectivity index (χ1n) is 7.51. The van der Waals surface area contributed by atoms with E-state index in [2.05, 4.69) is 12.2 Å². The fraction of sp³-hybridized carbons (Fsp3) is 0.625. The number of aryl methyl sites for hydroxylation is 2. The molecule has 0 aliphatic heterocycles. The Labute approximate surface area is 125 Å². The van der Waals surface area contributed by atoms with Gasteiger partial charge in [-0.05, 0) is 38.7 Å². The second-order valence-electron chi connectivity index (χ2n) is 5.84. The Morgan fingerprint density at radius 2 is 2.05 bits per heavy atom. The van der Waals surface area contributed by atoms with Crippen LogP contribution in [0.5, 0.6) is 0 Å². The second-order valence-corrected chi connectivity index (χ2v) is 5.84. The number of esters is 1. The van der Waals surface area contributed by atoms with Crippen molar-refractivity contribution in [3.05, 3.63) is 23.2 Å². The van der Waals surface area contributed by atoms with Crippen LogP contribution in [0.15, 0.2) is 10.5 Å². The Kier molecular flexibility index (Phi) is 5.04. The van der Waals surface area contributed by atoms with Gasteiger partial charge in [-0.15, -0.1) is 0 Å². The maximum Gasteiger partial charge on any atom is 0.342 e. The predicted molar refractivity (Wildman–Crippen MR) is 78.0 cm³/mol. The Morgan fingerprint density at radius 3 is 2.67 bits per heavy atom. The van der Waals surface area contributed by atoms with Crippen LogP contribution >= 0.6 is 0 Å². The number of furan rings is 1. The summed E-state index contributed by atoms with van der Waals surface area (Å²) in [6, 6.07) is 1.82. The Balaban J connectivity index is 1.81. The molecule has 0 spiro atoms. The number of hydrogen-bond donors (Lipinski definition) is 1. The zero-order chi connectivity index (χ0) is 15.4. The molecule has 0 bridgehead atoms. The summed E-state index contributed by atoms with van der Waals surface area (Å²) < 4.78 is 10.3. The molecule has 1 aliphatic carbocycles. The molecule has 2 atom stereocenters. The third kappa shape index (κ3) is 4.09. The summed E-state index contributed by atoms with van der Waals surface area (Å²) in [4.78, 5) is 23.7. The number of carbonyl (C=O) groups excluding carboxylic acids is 2. The first kappa shape index (κ1) is 15.6. The van der Waals surface area contributed by atoms with E-state index in [9.17, 15) is 9.59 Å². The minimum Gasteiger partial charge on any atom is -0.466 e. The van der Waals surface area contributed by atoms with E-state index >= 15 is 0 Å². The van der Waals surface area contributed by atoms with Crippen LogP contribution in [0.3, 0.4) is 0 Å². The molecule has 1 saturated carbocycles. The monoisotopic (exact) mass is 293 g/mol. The molecule has 1 aromatic rings. The lowest BCUT2D eigenvalue weighted by Gasteiger charge is -2.29. The summed E-state index contributed by atoms with van der Waals surface area (Å²) in [5.41, 5.74) is 0.381. The van der Waals surface area contributed by atoms with Gasteiger partial charge in [-0.2, -0.15) is 0 Å². The van der Waals surface area contributed by atoms with Crippen molar-refractivity contribution in [2.45, 2.75) is 52.5 Å². The van der Waals surface area contributed by atoms with Crippen LogP contribution in [0.25, 0.3) is 0 Å². The van der Waals surface area contributed by atoms with Crippen molar-refractivity contribution in [3.8, 4) is 0 Å². The van der Waals surface area contributed by atoms with E-state index in [1.165, 1.54) is 6.42 Å². The third-order valence-electron chi connectivity index (χ3n) is 4.05. The van der Waals surface area contributed by atoms with Gasteiger partial charge in [-0.3, -0.25) is 4.79 Å². The number of carbonyl (C=O) groups is 2. The number of hydrogen-bond acceptors (Lipinski definition) is 4. The van der Waals surface area contributed by atoms with Crippen LogP contribution in [0, 0.1) is 19.8 Å². The third-order valence-corrected chi connectivity index (χ3v) is 4.05. The highest BCUT2D eigenvalue weighted by atomic mass is 16.5. The normalized spacial score (nSPS) is 21.9. The number of rotatable bonds is 4. The van der Waals surface area contributed by atoms with Crippen LogP contribution < -0.4 is 5.32 Å². The summed E-state index contributed by atoms with van der Waals surface area (Å²) in [7, 11) is 0. The minimum atomic E-state index is -0.517. The number of nitrogens with one attached hydrogen (secondary N) is 1. The van der Waals surface area contributed by atoms with Crippen molar-refractivity contribution >= 4 is 11.9 Å². The minimum absolute atomic E-state index is 0.197. The summed E-state index contributed by atoms with van der Waals surface area (Å²) in [6.45, 7) is 5.37. The van der Waals surface area contributed by atoms with Crippen LogP contribution in [0.1, 0.15) is 54.5 Å². The smallest absolute Gasteiger partial charge is 0.342 e. The predicted octanol–water partition coefficient (Wildman–Crippen LogP) is 2.75. The highest BCUT2D eigenvalue weighted by Gasteiger charge is 2.23. The van der Waals surface area contributed by atoms with E-state index in [0.717, 1.165) is 19.3 Å². The van der Waals surface area contributed by atoms with Crippen molar-refractivity contribution in [2.75, 3.05) is 6.61 Å². The summed E-state index contributed by atoms with van der Waals surface area (Å²) in [6.07, 6.45) is 4.50. The van der Waals surface area contributed by atoms with Crippen LogP contribution in [0.4, 0.5) is 0 Å². The van der Waals surface area contributed by atoms with E-state index in [1.54, 1.807) is 19.9 Å². The fourth-order valence-electron chi connectivity index (χ4n) is 2.82. The lowest BCUT2D eigenvalue weighted by Crippen LogP contribution is -2.42. The van der Waals surface area contributed by atoms with Crippen molar-refractivity contribution in [2.24, 2.45) is 5.92 Å². The highest BCUT2D eigenvalue weighted by molar-refractivity contribution is 5.92.